The second-order valence-corrected chi connectivity index (χ2v) is 7.83. The van der Waals surface area contributed by atoms with Gasteiger partial charge in [-0.05, 0) is 40.5 Å². The van der Waals surface area contributed by atoms with Gasteiger partial charge in [0.25, 0.3) is 0 Å². The number of sulfonamides is 1. The average Bonchev–Trinajstić information content (AvgIpc) is 2.49. The topological polar surface area (TPSA) is 99.5 Å². The number of hydrogen-bond acceptors (Lipinski definition) is 5. The number of nitriles is 1. The fourth-order valence-corrected chi connectivity index (χ4v) is 4.67. The van der Waals surface area contributed by atoms with Gasteiger partial charge in [-0.2, -0.15) is 9.57 Å². The Bertz CT molecular complexity index is 773. The smallest absolute Gasteiger partial charge is 0.244 e. The summed E-state index contributed by atoms with van der Waals surface area (Å²) in [5.41, 5.74) is 0.980. The highest BCUT2D eigenvalue weighted by atomic mass is 79.9. The lowest BCUT2D eigenvalue weighted by Crippen LogP contribution is -2.47. The number of hydrogen-bond donors (Lipinski definition) is 1. The number of carbonyl (C=O) groups excluding carboxylic acids is 1. The Balaban J connectivity index is 2.46. The molecule has 1 amide bonds. The Morgan fingerprint density at radius 2 is 2.22 bits per heavy atom. The summed E-state index contributed by atoms with van der Waals surface area (Å²) in [7, 11) is -3.83. The van der Waals surface area contributed by atoms with Crippen LogP contribution in [-0.2, 0) is 19.6 Å². The zero-order chi connectivity index (χ0) is 17.2. The summed E-state index contributed by atoms with van der Waals surface area (Å²) in [6.45, 7) is 3.46. The maximum Gasteiger partial charge on any atom is 0.244 e. The predicted octanol–water partition coefficient (Wildman–Crippen LogP) is 1.63. The first-order valence-corrected chi connectivity index (χ1v) is 9.07. The summed E-state index contributed by atoms with van der Waals surface area (Å²) in [5, 5.41) is 11.8. The first kappa shape index (κ1) is 17.9. The molecule has 1 atom stereocenters. The molecule has 0 saturated carbocycles. The molecule has 1 heterocycles. The van der Waals surface area contributed by atoms with Crippen molar-refractivity contribution in [1.82, 2.24) is 4.31 Å². The number of nitrogens with zero attached hydrogens (tertiary/aromatic N) is 2. The number of anilines is 1. The number of benzene rings is 1. The third kappa shape index (κ3) is 3.72. The van der Waals surface area contributed by atoms with E-state index in [2.05, 4.69) is 21.2 Å². The van der Waals surface area contributed by atoms with Gasteiger partial charge in [0.1, 0.15) is 6.04 Å². The summed E-state index contributed by atoms with van der Waals surface area (Å²) in [4.78, 5) is 11.3. The molecule has 0 aromatic heterocycles. The molecule has 2 rings (SSSR count). The van der Waals surface area contributed by atoms with E-state index in [1.807, 2.05) is 6.07 Å². The maximum absolute atomic E-state index is 12.9. The first-order chi connectivity index (χ1) is 10.8. The SMILES string of the molecule is CC(=O)Nc1cc(C)c(S(=O)(=O)N2CCOCC2C#N)cc1Br. The molecule has 124 valence electrons. The molecule has 0 bridgehead atoms. The first-order valence-electron chi connectivity index (χ1n) is 6.84. The molecule has 1 N–H and O–H groups in total. The zero-order valence-corrected chi connectivity index (χ0v) is 15.1. The zero-order valence-electron chi connectivity index (χ0n) is 12.7. The van der Waals surface area contributed by atoms with Crippen LogP contribution in [-0.4, -0.2) is 44.4 Å². The predicted molar refractivity (Wildman–Crippen MR) is 87.3 cm³/mol. The van der Waals surface area contributed by atoms with Gasteiger partial charge in [-0.3, -0.25) is 4.79 Å². The summed E-state index contributed by atoms with van der Waals surface area (Å²) in [5.74, 6) is -0.251. The lowest BCUT2D eigenvalue weighted by atomic mass is 10.2. The van der Waals surface area contributed by atoms with Crippen molar-refractivity contribution >= 4 is 37.5 Å². The quantitative estimate of drug-likeness (QED) is 0.829. The Morgan fingerprint density at radius 3 is 2.83 bits per heavy atom. The number of aryl methyl sites for hydroxylation is 1. The number of ether oxygens (including phenoxy) is 1. The molecule has 1 aliphatic rings. The fraction of sp³-hybridized carbons (Fsp3) is 0.429. The fourth-order valence-electron chi connectivity index (χ4n) is 2.33. The third-order valence-corrected chi connectivity index (χ3v) is 6.10. The number of rotatable bonds is 3. The lowest BCUT2D eigenvalue weighted by Gasteiger charge is -2.31. The third-order valence-electron chi connectivity index (χ3n) is 3.39. The highest BCUT2D eigenvalue weighted by molar-refractivity contribution is 9.10. The molecule has 1 aromatic rings. The van der Waals surface area contributed by atoms with Crippen molar-refractivity contribution in [3.8, 4) is 6.07 Å². The monoisotopic (exact) mass is 401 g/mol. The second-order valence-electron chi connectivity index (χ2n) is 5.11. The number of amides is 1. The minimum Gasteiger partial charge on any atom is -0.377 e. The van der Waals surface area contributed by atoms with Gasteiger partial charge in [0.15, 0.2) is 0 Å². The van der Waals surface area contributed by atoms with Crippen LogP contribution in [0.3, 0.4) is 0 Å². The lowest BCUT2D eigenvalue weighted by molar-refractivity contribution is -0.114. The van der Waals surface area contributed by atoms with E-state index in [1.165, 1.54) is 13.0 Å². The molecule has 1 saturated heterocycles. The van der Waals surface area contributed by atoms with Gasteiger partial charge >= 0.3 is 0 Å². The van der Waals surface area contributed by atoms with Crippen molar-refractivity contribution in [1.29, 1.82) is 5.26 Å². The van der Waals surface area contributed by atoms with E-state index in [0.717, 1.165) is 4.31 Å². The second kappa shape index (κ2) is 6.97. The van der Waals surface area contributed by atoms with E-state index in [0.29, 0.717) is 15.7 Å². The van der Waals surface area contributed by atoms with E-state index in [-0.39, 0.29) is 30.6 Å². The molecule has 7 nitrogen and oxygen atoms in total. The molecule has 0 radical (unpaired) electrons. The van der Waals surface area contributed by atoms with Gasteiger partial charge in [-0.1, -0.05) is 0 Å². The molecular formula is C14H16BrN3O4S. The summed E-state index contributed by atoms with van der Waals surface area (Å²) in [6, 6.07) is 4.14. The van der Waals surface area contributed by atoms with Crippen molar-refractivity contribution in [2.45, 2.75) is 24.8 Å². The minimum atomic E-state index is -3.83. The van der Waals surface area contributed by atoms with E-state index in [1.54, 1.807) is 13.0 Å². The summed E-state index contributed by atoms with van der Waals surface area (Å²) >= 11 is 3.27. The van der Waals surface area contributed by atoms with Crippen LogP contribution in [0.4, 0.5) is 5.69 Å². The van der Waals surface area contributed by atoms with Gasteiger partial charge in [0.2, 0.25) is 15.9 Å². The van der Waals surface area contributed by atoms with Crippen LogP contribution in [0, 0.1) is 18.3 Å². The van der Waals surface area contributed by atoms with Crippen LogP contribution >= 0.6 is 15.9 Å². The van der Waals surface area contributed by atoms with E-state index >= 15 is 0 Å². The largest absolute Gasteiger partial charge is 0.377 e. The normalized spacial score (nSPS) is 19.1. The summed E-state index contributed by atoms with van der Waals surface area (Å²) < 4.78 is 32.5. The van der Waals surface area contributed by atoms with Gasteiger partial charge in [-0.25, -0.2) is 8.42 Å². The Labute approximate surface area is 143 Å². The van der Waals surface area contributed by atoms with Crippen LogP contribution in [0.15, 0.2) is 21.5 Å². The van der Waals surface area contributed by atoms with Gasteiger partial charge < -0.3 is 10.1 Å². The maximum atomic E-state index is 12.9. The summed E-state index contributed by atoms with van der Waals surface area (Å²) in [6.07, 6.45) is 0. The van der Waals surface area contributed by atoms with E-state index < -0.39 is 16.1 Å². The molecule has 1 unspecified atom stereocenters. The molecule has 1 fully saturated rings. The molecule has 1 aliphatic heterocycles. The van der Waals surface area contributed by atoms with Crippen molar-refractivity contribution in [2.75, 3.05) is 25.1 Å². The molecule has 0 aliphatic carbocycles. The van der Waals surface area contributed by atoms with Crippen LogP contribution < -0.4 is 5.32 Å². The Hall–Kier alpha value is -1.47. The molecular weight excluding hydrogens is 386 g/mol. The van der Waals surface area contributed by atoms with Crippen LogP contribution in [0.2, 0.25) is 0 Å². The van der Waals surface area contributed by atoms with Crippen molar-refractivity contribution in [3.05, 3.63) is 22.2 Å². The van der Waals surface area contributed by atoms with Crippen LogP contribution in [0.5, 0.6) is 0 Å². The standard InChI is InChI=1S/C14H16BrN3O4S/c1-9-5-13(17-10(2)19)12(15)6-14(9)23(20,21)18-3-4-22-8-11(18)7-16/h5-6,11H,3-4,8H2,1-2H3,(H,17,19). The number of morpholine rings is 1. The van der Waals surface area contributed by atoms with E-state index in [9.17, 15) is 13.2 Å². The molecule has 23 heavy (non-hydrogen) atoms. The Morgan fingerprint density at radius 1 is 1.52 bits per heavy atom. The average molecular weight is 402 g/mol. The molecule has 1 aromatic carbocycles. The van der Waals surface area contributed by atoms with Crippen molar-refractivity contribution < 1.29 is 17.9 Å². The van der Waals surface area contributed by atoms with Crippen LogP contribution in [0.25, 0.3) is 0 Å². The van der Waals surface area contributed by atoms with E-state index in [4.69, 9.17) is 10.00 Å². The van der Waals surface area contributed by atoms with Gasteiger partial charge in [0.05, 0.1) is 29.9 Å². The minimum absolute atomic E-state index is 0.0555. The molecule has 9 heteroatoms. The van der Waals surface area contributed by atoms with Gasteiger partial charge in [0, 0.05) is 17.9 Å². The van der Waals surface area contributed by atoms with Gasteiger partial charge in [-0.15, -0.1) is 0 Å². The highest BCUT2D eigenvalue weighted by Crippen LogP contribution is 2.31. The highest BCUT2D eigenvalue weighted by Gasteiger charge is 2.35. The number of nitrogens with one attached hydrogen (secondary N) is 1. The number of halogens is 1. The van der Waals surface area contributed by atoms with Crippen molar-refractivity contribution in [3.63, 3.8) is 0 Å². The Kier molecular flexibility index (Phi) is 5.41. The number of carbonyl (C=O) groups is 1. The van der Waals surface area contributed by atoms with Crippen molar-refractivity contribution in [2.24, 2.45) is 0 Å². The van der Waals surface area contributed by atoms with Crippen LogP contribution in [0.1, 0.15) is 12.5 Å². The molecule has 0 spiro atoms.